The normalized spacial score (nSPS) is 18.5. The fraction of sp³-hybridized carbons (Fsp3) is 0.647. The van der Waals surface area contributed by atoms with Crippen LogP contribution in [0.5, 0.6) is 11.5 Å². The second-order valence-electron chi connectivity index (χ2n) is 6.06. The average Bonchev–Trinajstić information content (AvgIpc) is 2.92. The molecule has 21 heavy (non-hydrogen) atoms. The quantitative estimate of drug-likeness (QED) is 0.833. The molecule has 0 bridgehead atoms. The number of nitrogens with one attached hydrogen (secondary N) is 1. The van der Waals surface area contributed by atoms with Crippen molar-refractivity contribution in [3.05, 3.63) is 22.7 Å². The van der Waals surface area contributed by atoms with Crippen molar-refractivity contribution in [3.63, 3.8) is 0 Å². The Morgan fingerprint density at radius 3 is 2.43 bits per heavy atom. The van der Waals surface area contributed by atoms with Gasteiger partial charge in [-0.15, -0.1) is 0 Å². The van der Waals surface area contributed by atoms with Crippen molar-refractivity contribution in [2.24, 2.45) is 5.41 Å². The van der Waals surface area contributed by atoms with Gasteiger partial charge < -0.3 is 14.8 Å². The molecule has 0 spiro atoms. The van der Waals surface area contributed by atoms with E-state index in [1.807, 2.05) is 6.07 Å². The van der Waals surface area contributed by atoms with Crippen LogP contribution in [0.1, 0.15) is 51.1 Å². The van der Waals surface area contributed by atoms with Crippen LogP contribution in [0.4, 0.5) is 0 Å². The lowest BCUT2D eigenvalue weighted by molar-refractivity contribution is 0.221. The maximum Gasteiger partial charge on any atom is 0.146 e. The first-order valence-electron chi connectivity index (χ1n) is 7.71. The number of hydrogen-bond donors (Lipinski definition) is 1. The van der Waals surface area contributed by atoms with Gasteiger partial charge in [0, 0.05) is 11.6 Å². The average molecular weight is 312 g/mol. The zero-order chi connectivity index (χ0) is 15.5. The second kappa shape index (κ2) is 6.89. The molecule has 1 aliphatic carbocycles. The van der Waals surface area contributed by atoms with Crippen LogP contribution in [0, 0.1) is 5.41 Å². The lowest BCUT2D eigenvalue weighted by Gasteiger charge is -2.36. The summed E-state index contributed by atoms with van der Waals surface area (Å²) in [6.45, 7) is 5.43. The van der Waals surface area contributed by atoms with E-state index in [2.05, 4.69) is 25.2 Å². The van der Waals surface area contributed by atoms with Crippen LogP contribution >= 0.6 is 11.6 Å². The molecule has 1 atom stereocenters. The summed E-state index contributed by atoms with van der Waals surface area (Å²) in [4.78, 5) is 0. The van der Waals surface area contributed by atoms with Crippen LogP contribution in [-0.4, -0.2) is 20.8 Å². The predicted molar refractivity (Wildman–Crippen MR) is 87.5 cm³/mol. The highest BCUT2D eigenvalue weighted by molar-refractivity contribution is 6.33. The summed E-state index contributed by atoms with van der Waals surface area (Å²) in [6, 6.07) is 4.27. The van der Waals surface area contributed by atoms with Gasteiger partial charge >= 0.3 is 0 Å². The first kappa shape index (κ1) is 16.4. The Bertz CT molecular complexity index is 484. The van der Waals surface area contributed by atoms with Crippen LogP contribution in [0.2, 0.25) is 5.02 Å². The summed E-state index contributed by atoms with van der Waals surface area (Å²) in [6.07, 6.45) is 5.06. The van der Waals surface area contributed by atoms with Crippen LogP contribution in [0.25, 0.3) is 0 Å². The molecule has 2 rings (SSSR count). The van der Waals surface area contributed by atoms with E-state index < -0.39 is 0 Å². The van der Waals surface area contributed by atoms with E-state index in [1.165, 1.54) is 25.7 Å². The van der Waals surface area contributed by atoms with E-state index in [0.29, 0.717) is 10.8 Å². The summed E-state index contributed by atoms with van der Waals surface area (Å²) >= 11 is 6.43. The highest BCUT2D eigenvalue weighted by Gasteiger charge is 2.39. The van der Waals surface area contributed by atoms with E-state index in [-0.39, 0.29) is 11.5 Å². The third-order valence-electron chi connectivity index (χ3n) is 4.68. The monoisotopic (exact) mass is 311 g/mol. The summed E-state index contributed by atoms with van der Waals surface area (Å²) in [5.41, 5.74) is 1.39. The SMILES string of the molecule is CCNC(c1ccc(OC)c(Cl)c1OC)C1(C)CCCC1. The minimum atomic E-state index is 0.251. The van der Waals surface area contributed by atoms with Crippen LogP contribution in [0.3, 0.4) is 0 Å². The zero-order valence-electron chi connectivity index (χ0n) is 13.5. The highest BCUT2D eigenvalue weighted by Crippen LogP contribution is 2.51. The van der Waals surface area contributed by atoms with Gasteiger partial charge in [0.2, 0.25) is 0 Å². The maximum atomic E-state index is 6.43. The third-order valence-corrected chi connectivity index (χ3v) is 5.04. The van der Waals surface area contributed by atoms with Crippen molar-refractivity contribution in [3.8, 4) is 11.5 Å². The van der Waals surface area contributed by atoms with Gasteiger partial charge in [0.05, 0.1) is 14.2 Å². The standard InChI is InChI=1S/C17H26ClNO2/c1-5-19-16(17(2)10-6-7-11-17)12-8-9-13(20-3)14(18)15(12)21-4/h8-9,16,19H,5-7,10-11H2,1-4H3. The van der Waals surface area contributed by atoms with Crippen molar-refractivity contribution in [2.75, 3.05) is 20.8 Å². The Kier molecular flexibility index (Phi) is 5.39. The zero-order valence-corrected chi connectivity index (χ0v) is 14.2. The maximum absolute atomic E-state index is 6.43. The summed E-state index contributed by atoms with van der Waals surface area (Å²) in [5, 5.41) is 4.20. The number of ether oxygens (including phenoxy) is 2. The van der Waals surface area contributed by atoms with Crippen LogP contribution in [0.15, 0.2) is 12.1 Å². The lowest BCUT2D eigenvalue weighted by atomic mass is 9.77. The molecule has 1 unspecified atom stereocenters. The van der Waals surface area contributed by atoms with Gasteiger partial charge in [-0.1, -0.05) is 38.3 Å². The van der Waals surface area contributed by atoms with Gasteiger partial charge in [-0.2, -0.15) is 0 Å². The van der Waals surface area contributed by atoms with Crippen molar-refractivity contribution < 1.29 is 9.47 Å². The smallest absolute Gasteiger partial charge is 0.146 e. The summed E-state index contributed by atoms with van der Waals surface area (Å²) < 4.78 is 10.9. The lowest BCUT2D eigenvalue weighted by Crippen LogP contribution is -2.34. The molecule has 3 nitrogen and oxygen atoms in total. The molecule has 1 aromatic rings. The first-order chi connectivity index (χ1) is 10.1. The molecule has 0 heterocycles. The number of hydrogen-bond acceptors (Lipinski definition) is 3. The van der Waals surface area contributed by atoms with E-state index in [1.54, 1.807) is 14.2 Å². The molecule has 0 radical (unpaired) electrons. The van der Waals surface area contributed by atoms with Crippen LogP contribution < -0.4 is 14.8 Å². The molecular formula is C17H26ClNO2. The van der Waals surface area contributed by atoms with Gasteiger partial charge in [0.15, 0.2) is 0 Å². The Morgan fingerprint density at radius 2 is 1.90 bits per heavy atom. The molecule has 1 N–H and O–H groups in total. The molecule has 1 aliphatic rings. The minimum Gasteiger partial charge on any atom is -0.495 e. The van der Waals surface area contributed by atoms with Gasteiger partial charge in [0.1, 0.15) is 16.5 Å². The molecule has 1 saturated carbocycles. The van der Waals surface area contributed by atoms with Crippen molar-refractivity contribution in [1.82, 2.24) is 5.32 Å². The van der Waals surface area contributed by atoms with Crippen molar-refractivity contribution in [1.29, 1.82) is 0 Å². The Balaban J connectivity index is 2.47. The second-order valence-corrected chi connectivity index (χ2v) is 6.43. The Morgan fingerprint density at radius 1 is 1.24 bits per heavy atom. The van der Waals surface area contributed by atoms with Crippen molar-refractivity contribution >= 4 is 11.6 Å². The highest BCUT2D eigenvalue weighted by atomic mass is 35.5. The van der Waals surface area contributed by atoms with Crippen molar-refractivity contribution in [2.45, 2.75) is 45.6 Å². The number of rotatable bonds is 6. The molecule has 118 valence electrons. The first-order valence-corrected chi connectivity index (χ1v) is 8.09. The fourth-order valence-corrected chi connectivity index (χ4v) is 3.88. The van der Waals surface area contributed by atoms with E-state index in [4.69, 9.17) is 21.1 Å². The molecule has 0 aromatic heterocycles. The van der Waals surface area contributed by atoms with Crippen LogP contribution in [-0.2, 0) is 0 Å². The van der Waals surface area contributed by atoms with E-state index >= 15 is 0 Å². The predicted octanol–water partition coefficient (Wildman–Crippen LogP) is 4.59. The number of halogens is 1. The Labute approximate surface area is 133 Å². The molecule has 4 heteroatoms. The summed E-state index contributed by atoms with van der Waals surface area (Å²) in [7, 11) is 3.30. The Hall–Kier alpha value is -0.930. The van der Waals surface area contributed by atoms with E-state index in [9.17, 15) is 0 Å². The van der Waals surface area contributed by atoms with Gasteiger partial charge in [-0.25, -0.2) is 0 Å². The fourth-order valence-electron chi connectivity index (χ4n) is 3.55. The minimum absolute atomic E-state index is 0.251. The molecule has 0 saturated heterocycles. The molecular weight excluding hydrogens is 286 g/mol. The number of benzene rings is 1. The van der Waals surface area contributed by atoms with E-state index in [0.717, 1.165) is 17.9 Å². The van der Waals surface area contributed by atoms with Gasteiger partial charge in [0.25, 0.3) is 0 Å². The van der Waals surface area contributed by atoms with Gasteiger partial charge in [-0.05, 0) is 36.9 Å². The molecule has 1 fully saturated rings. The molecule has 0 amide bonds. The largest absolute Gasteiger partial charge is 0.495 e. The number of methoxy groups -OCH3 is 2. The topological polar surface area (TPSA) is 30.5 Å². The molecule has 1 aromatic carbocycles. The van der Waals surface area contributed by atoms with Gasteiger partial charge in [-0.3, -0.25) is 0 Å². The molecule has 0 aliphatic heterocycles. The third kappa shape index (κ3) is 3.14. The summed E-state index contributed by atoms with van der Waals surface area (Å²) in [5.74, 6) is 1.39.